The van der Waals surface area contributed by atoms with Gasteiger partial charge in [-0.25, -0.2) is 4.79 Å². The number of nitrogens with one attached hydrogen (secondary N) is 1. The third-order valence-electron chi connectivity index (χ3n) is 7.18. The van der Waals surface area contributed by atoms with Crippen LogP contribution in [0.15, 0.2) is 91.0 Å². The summed E-state index contributed by atoms with van der Waals surface area (Å²) in [4.78, 5) is 28.3. The number of hydrogen-bond acceptors (Lipinski definition) is 4. The van der Waals surface area contributed by atoms with Crippen LogP contribution in [0.3, 0.4) is 0 Å². The second kappa shape index (κ2) is 15.0. The van der Waals surface area contributed by atoms with Crippen LogP contribution in [-0.2, 0) is 14.2 Å². The van der Waals surface area contributed by atoms with E-state index in [0.29, 0.717) is 28.9 Å². The maximum absolute atomic E-state index is 13.9. The summed E-state index contributed by atoms with van der Waals surface area (Å²) in [5.74, 6) is -2.18. The van der Waals surface area contributed by atoms with Gasteiger partial charge in [0.2, 0.25) is 0 Å². The van der Waals surface area contributed by atoms with E-state index in [2.05, 4.69) is 5.48 Å². The molecule has 0 fully saturated rings. The molecule has 0 saturated carbocycles. The molecule has 41 heavy (non-hydrogen) atoms. The number of primary amides is 1. The monoisotopic (exact) mass is 590 g/mol. The van der Waals surface area contributed by atoms with Gasteiger partial charge in [0.15, 0.2) is 0 Å². The van der Waals surface area contributed by atoms with Crippen LogP contribution in [0, 0.1) is 0 Å². The van der Waals surface area contributed by atoms with E-state index in [1.165, 1.54) is 0 Å². The Morgan fingerprint density at radius 3 is 1.44 bits per heavy atom. The van der Waals surface area contributed by atoms with Crippen molar-refractivity contribution in [2.24, 2.45) is 5.73 Å². The third kappa shape index (κ3) is 8.08. The van der Waals surface area contributed by atoms with Gasteiger partial charge in [-0.1, -0.05) is 0 Å². The van der Waals surface area contributed by atoms with Crippen LogP contribution in [0.5, 0.6) is 0 Å². The van der Waals surface area contributed by atoms with E-state index < -0.39 is 25.0 Å². The van der Waals surface area contributed by atoms with Crippen molar-refractivity contribution in [3.63, 3.8) is 0 Å². The fraction of sp³-hybridized carbons (Fsp3) is 0.355. The number of rotatable bonds is 16. The Kier molecular flexibility index (Phi) is 11.7. The summed E-state index contributed by atoms with van der Waals surface area (Å²) in [6, 6.07) is 26.0. The number of hydrogen-bond donors (Lipinski definition) is 2. The standard InChI is InChI=1S/C31H38F3N2O4P/c32-31(33,34)29(37)40-41(26-18-10-7-11-19-26,27-20-12-8-13-21-27,28-22-14-9-15-23-28)25-17-6-4-2-1-3-5-16-24-39-36-30(35)38/h7-15,18-23H,1-6,16-17,24-25H2,(H3,35,36,38). The molecule has 3 aromatic carbocycles. The van der Waals surface area contributed by atoms with Gasteiger partial charge in [0, 0.05) is 0 Å². The van der Waals surface area contributed by atoms with Crippen LogP contribution in [0.1, 0.15) is 51.4 Å². The number of unbranched alkanes of at least 4 members (excludes halogenated alkanes) is 7. The van der Waals surface area contributed by atoms with Gasteiger partial charge in [-0.3, -0.25) is 0 Å². The van der Waals surface area contributed by atoms with Crippen LogP contribution < -0.4 is 27.1 Å². The van der Waals surface area contributed by atoms with Crippen molar-refractivity contribution in [2.45, 2.75) is 57.5 Å². The zero-order chi connectivity index (χ0) is 29.6. The van der Waals surface area contributed by atoms with Crippen molar-refractivity contribution in [2.75, 3.05) is 12.8 Å². The molecule has 0 aliphatic rings. The van der Waals surface area contributed by atoms with Gasteiger partial charge < -0.3 is 5.73 Å². The Morgan fingerprint density at radius 1 is 0.659 bits per heavy atom. The van der Waals surface area contributed by atoms with E-state index in [-0.39, 0.29) is 6.16 Å². The number of nitrogens with two attached hydrogens (primary N) is 1. The molecule has 6 nitrogen and oxygen atoms in total. The van der Waals surface area contributed by atoms with Crippen molar-refractivity contribution in [3.05, 3.63) is 91.0 Å². The summed E-state index contributed by atoms with van der Waals surface area (Å²) < 4.78 is 47.7. The number of alkyl halides is 3. The minimum atomic E-state index is -5.15. The average Bonchev–Trinajstić information content (AvgIpc) is 2.98. The number of halogens is 3. The number of urea groups is 1. The van der Waals surface area contributed by atoms with Crippen molar-refractivity contribution in [3.8, 4) is 0 Å². The summed E-state index contributed by atoms with van der Waals surface area (Å²) in [6.45, 7) is -4.00. The summed E-state index contributed by atoms with van der Waals surface area (Å²) >= 11 is 0. The van der Waals surface area contributed by atoms with Crippen molar-refractivity contribution >= 4 is 34.7 Å². The zero-order valence-electron chi connectivity index (χ0n) is 23.0. The summed E-state index contributed by atoms with van der Waals surface area (Å²) in [7, 11) is 0. The molecule has 0 atom stereocenters. The second-order valence-electron chi connectivity index (χ2n) is 9.96. The molecule has 3 rings (SSSR count). The van der Waals surface area contributed by atoms with E-state index in [1.54, 1.807) is 91.0 Å². The number of carbonyl (C=O) groups is 2. The first-order valence-electron chi connectivity index (χ1n) is 13.9. The molecule has 0 bridgehead atoms. The van der Waals surface area contributed by atoms with E-state index in [9.17, 15) is 22.8 Å². The number of amides is 2. The number of carbonyl (C=O) groups excluding carboxylic acids is 2. The van der Waals surface area contributed by atoms with Crippen molar-refractivity contribution in [1.29, 1.82) is 0 Å². The van der Waals surface area contributed by atoms with E-state index >= 15 is 0 Å². The first-order valence-corrected chi connectivity index (χ1v) is 16.2. The average molecular weight is 591 g/mol. The molecule has 0 spiro atoms. The van der Waals surface area contributed by atoms with Crippen LogP contribution in [0.4, 0.5) is 18.0 Å². The summed E-state index contributed by atoms with van der Waals surface area (Å²) in [6.07, 6.45) is 2.09. The molecule has 0 radical (unpaired) electrons. The molecular formula is C31H38F3N2O4P. The van der Waals surface area contributed by atoms with Crippen molar-refractivity contribution in [1.82, 2.24) is 5.48 Å². The molecule has 0 aliphatic heterocycles. The molecule has 0 heterocycles. The first-order chi connectivity index (χ1) is 19.7. The van der Waals surface area contributed by atoms with Gasteiger partial charge in [-0.15, -0.1) is 0 Å². The van der Waals surface area contributed by atoms with E-state index in [4.69, 9.17) is 15.1 Å². The van der Waals surface area contributed by atoms with Crippen LogP contribution in [0.25, 0.3) is 0 Å². The zero-order valence-corrected chi connectivity index (χ0v) is 23.9. The van der Waals surface area contributed by atoms with Gasteiger partial charge >= 0.3 is 229 Å². The number of benzene rings is 3. The molecule has 3 N–H and O–H groups in total. The minimum absolute atomic E-state index is 0.260. The Morgan fingerprint density at radius 2 is 1.05 bits per heavy atom. The van der Waals surface area contributed by atoms with Crippen molar-refractivity contribution < 1.29 is 32.1 Å². The fourth-order valence-electron chi connectivity index (χ4n) is 5.27. The number of hydroxylamine groups is 1. The predicted octanol–water partition coefficient (Wildman–Crippen LogP) is 6.26. The topological polar surface area (TPSA) is 90.7 Å². The van der Waals surface area contributed by atoms with Crippen LogP contribution in [0.2, 0.25) is 0 Å². The molecule has 0 unspecified atom stereocenters. The van der Waals surface area contributed by atoms with Gasteiger partial charge in [-0.2, -0.15) is 0 Å². The molecule has 0 aromatic heterocycles. The Labute approximate surface area is 239 Å². The molecular weight excluding hydrogens is 552 g/mol. The van der Waals surface area contributed by atoms with E-state index in [1.807, 2.05) is 0 Å². The molecule has 2 amide bonds. The van der Waals surface area contributed by atoms with Crippen LogP contribution >= 0.6 is 6.83 Å². The van der Waals surface area contributed by atoms with Gasteiger partial charge in [0.1, 0.15) is 0 Å². The quantitative estimate of drug-likeness (QED) is 0.117. The van der Waals surface area contributed by atoms with Crippen LogP contribution in [-0.4, -0.2) is 30.9 Å². The molecule has 0 saturated heterocycles. The normalized spacial score (nSPS) is 12.7. The van der Waals surface area contributed by atoms with Gasteiger partial charge in [0.05, 0.1) is 0 Å². The molecule has 0 aliphatic carbocycles. The molecule has 3 aromatic rings. The predicted molar refractivity (Wildman–Crippen MR) is 158 cm³/mol. The Hall–Kier alpha value is -3.42. The summed E-state index contributed by atoms with van der Waals surface area (Å²) in [5.41, 5.74) is 7.03. The second-order valence-corrected chi connectivity index (χ2v) is 14.6. The SMILES string of the molecule is NC(=O)NOCCCCCCCCCCP(OC(=O)C(F)(F)F)(c1ccccc1)(c1ccccc1)c1ccccc1. The van der Waals surface area contributed by atoms with Gasteiger partial charge in [0.25, 0.3) is 0 Å². The Balaban J connectivity index is 1.85. The third-order valence-corrected chi connectivity index (χ3v) is 13.1. The maximum atomic E-state index is 13.9. The summed E-state index contributed by atoms with van der Waals surface area (Å²) in [5, 5.41) is 1.75. The van der Waals surface area contributed by atoms with E-state index in [0.717, 1.165) is 44.9 Å². The molecule has 222 valence electrons. The molecule has 10 heteroatoms. The van der Waals surface area contributed by atoms with Gasteiger partial charge in [-0.05, 0) is 0 Å². The fourth-order valence-corrected chi connectivity index (χ4v) is 11.1. The first kappa shape index (κ1) is 32.1. The Bertz CT molecular complexity index is 1130.